The number of unbranched alkanes of at least 4 members (excludes halogenated alkanes) is 12. The Labute approximate surface area is 164 Å². The van der Waals surface area contributed by atoms with Crippen LogP contribution in [0.3, 0.4) is 0 Å². The number of rotatable bonds is 18. The van der Waals surface area contributed by atoms with Crippen molar-refractivity contribution in [2.75, 3.05) is 21.1 Å². The van der Waals surface area contributed by atoms with E-state index in [-0.39, 0.29) is 6.04 Å². The van der Waals surface area contributed by atoms with Gasteiger partial charge in [0.25, 0.3) is 0 Å². The standard InChI is InChI=1S/C23H47NO2/c1-6-8-9-10-11-12-13-14-15-16-17-18-19-20-21(7-2)22(23(25)26)24(3,4)5/h21-22H,6-20H2,1-5H3/p+1. The van der Waals surface area contributed by atoms with Gasteiger partial charge in [0.2, 0.25) is 0 Å². The molecule has 0 radical (unpaired) electrons. The van der Waals surface area contributed by atoms with Crippen molar-refractivity contribution in [2.45, 2.75) is 116 Å². The van der Waals surface area contributed by atoms with Crippen molar-refractivity contribution in [3.8, 4) is 0 Å². The van der Waals surface area contributed by atoms with Crippen LogP contribution in [0.4, 0.5) is 0 Å². The fourth-order valence-electron chi connectivity index (χ4n) is 4.17. The van der Waals surface area contributed by atoms with Crippen molar-refractivity contribution in [3.05, 3.63) is 0 Å². The van der Waals surface area contributed by atoms with Crippen molar-refractivity contribution < 1.29 is 14.4 Å². The average Bonchev–Trinajstić information content (AvgIpc) is 2.56. The number of hydrogen-bond donors (Lipinski definition) is 1. The van der Waals surface area contributed by atoms with E-state index >= 15 is 0 Å². The van der Waals surface area contributed by atoms with Crippen molar-refractivity contribution >= 4 is 5.97 Å². The minimum absolute atomic E-state index is 0.280. The van der Waals surface area contributed by atoms with Gasteiger partial charge in [0, 0.05) is 5.92 Å². The maximum atomic E-state index is 11.7. The summed E-state index contributed by atoms with van der Waals surface area (Å²) in [7, 11) is 6.02. The van der Waals surface area contributed by atoms with E-state index in [0.29, 0.717) is 10.4 Å². The Morgan fingerprint density at radius 1 is 0.731 bits per heavy atom. The third-order valence-corrected chi connectivity index (χ3v) is 5.74. The molecule has 0 aromatic rings. The van der Waals surface area contributed by atoms with Gasteiger partial charge >= 0.3 is 5.97 Å². The molecule has 0 heterocycles. The fourth-order valence-corrected chi connectivity index (χ4v) is 4.17. The third-order valence-electron chi connectivity index (χ3n) is 5.74. The summed E-state index contributed by atoms with van der Waals surface area (Å²) in [6, 6.07) is -0.280. The van der Waals surface area contributed by atoms with E-state index in [4.69, 9.17) is 0 Å². The molecule has 26 heavy (non-hydrogen) atoms. The van der Waals surface area contributed by atoms with Gasteiger partial charge in [0.15, 0.2) is 6.04 Å². The lowest BCUT2D eigenvalue weighted by Crippen LogP contribution is -2.53. The molecule has 3 nitrogen and oxygen atoms in total. The van der Waals surface area contributed by atoms with Gasteiger partial charge in [-0.05, 0) is 12.8 Å². The van der Waals surface area contributed by atoms with Crippen LogP contribution in [0.25, 0.3) is 0 Å². The molecule has 0 aliphatic carbocycles. The highest BCUT2D eigenvalue weighted by atomic mass is 16.4. The zero-order valence-corrected chi connectivity index (χ0v) is 18.6. The maximum absolute atomic E-state index is 11.7. The SMILES string of the molecule is CCCCCCCCCCCCCCCC(CC)C(C(=O)O)[N+](C)(C)C. The number of quaternary nitrogens is 1. The highest BCUT2D eigenvalue weighted by Crippen LogP contribution is 2.24. The molecule has 0 aliphatic rings. The molecular formula is C23H48NO2+. The first kappa shape index (κ1) is 25.4. The van der Waals surface area contributed by atoms with Crippen LogP contribution >= 0.6 is 0 Å². The average molecular weight is 371 g/mol. The zero-order valence-electron chi connectivity index (χ0n) is 18.6. The lowest BCUT2D eigenvalue weighted by atomic mass is 9.89. The Morgan fingerprint density at radius 3 is 1.42 bits per heavy atom. The van der Waals surface area contributed by atoms with Crippen LogP contribution in [-0.4, -0.2) is 42.7 Å². The Kier molecular flexibility index (Phi) is 15.1. The number of aliphatic carboxylic acids is 1. The van der Waals surface area contributed by atoms with Crippen molar-refractivity contribution in [1.29, 1.82) is 0 Å². The number of likely N-dealkylation sites (N-methyl/N-ethyl adjacent to an activating group) is 1. The van der Waals surface area contributed by atoms with Crippen LogP contribution in [0.15, 0.2) is 0 Å². The molecule has 2 atom stereocenters. The van der Waals surface area contributed by atoms with Crippen LogP contribution in [0.2, 0.25) is 0 Å². The number of carbonyl (C=O) groups is 1. The van der Waals surface area contributed by atoms with E-state index in [1.807, 2.05) is 21.1 Å². The van der Waals surface area contributed by atoms with Crippen molar-refractivity contribution in [1.82, 2.24) is 0 Å². The van der Waals surface area contributed by atoms with E-state index in [1.165, 1.54) is 83.5 Å². The molecule has 0 saturated carbocycles. The summed E-state index contributed by atoms with van der Waals surface area (Å²) < 4.78 is 0.520. The second kappa shape index (κ2) is 15.5. The molecule has 0 aliphatic heterocycles. The number of nitrogens with zero attached hydrogens (tertiary/aromatic N) is 1. The summed E-state index contributed by atoms with van der Waals surface area (Å²) in [6.45, 7) is 4.41. The minimum atomic E-state index is -0.640. The molecule has 0 spiro atoms. The fraction of sp³-hybridized carbons (Fsp3) is 0.957. The quantitative estimate of drug-likeness (QED) is 0.216. The summed E-state index contributed by atoms with van der Waals surface area (Å²) in [5.74, 6) is -0.348. The van der Waals surface area contributed by atoms with Gasteiger partial charge in [0.1, 0.15) is 0 Å². The van der Waals surface area contributed by atoms with Gasteiger partial charge in [-0.15, -0.1) is 0 Å². The smallest absolute Gasteiger partial charge is 0.362 e. The van der Waals surface area contributed by atoms with E-state index in [1.54, 1.807) is 0 Å². The predicted molar refractivity (Wildman–Crippen MR) is 114 cm³/mol. The molecule has 0 amide bonds. The van der Waals surface area contributed by atoms with Gasteiger partial charge in [-0.2, -0.15) is 0 Å². The second-order valence-electron chi connectivity index (χ2n) is 9.10. The molecule has 1 N–H and O–H groups in total. The molecule has 0 saturated heterocycles. The third kappa shape index (κ3) is 12.7. The number of carboxylic acid groups (broad SMARTS) is 1. The van der Waals surface area contributed by atoms with E-state index in [0.717, 1.165) is 12.8 Å². The van der Waals surface area contributed by atoms with E-state index < -0.39 is 5.97 Å². The first-order valence-corrected chi connectivity index (χ1v) is 11.4. The summed E-state index contributed by atoms with van der Waals surface area (Å²) in [4.78, 5) is 11.7. The minimum Gasteiger partial charge on any atom is -0.477 e. The number of hydrogen-bond acceptors (Lipinski definition) is 1. The van der Waals surface area contributed by atoms with E-state index in [2.05, 4.69) is 13.8 Å². The summed E-state index contributed by atoms with van der Waals surface area (Å²) in [6.07, 6.45) is 19.8. The first-order valence-electron chi connectivity index (χ1n) is 11.4. The lowest BCUT2D eigenvalue weighted by Gasteiger charge is -2.36. The molecule has 0 aromatic heterocycles. The van der Waals surface area contributed by atoms with Crippen LogP contribution in [0.5, 0.6) is 0 Å². The second-order valence-corrected chi connectivity index (χ2v) is 9.10. The van der Waals surface area contributed by atoms with Crippen LogP contribution in [0.1, 0.15) is 110 Å². The van der Waals surface area contributed by atoms with E-state index in [9.17, 15) is 9.90 Å². The lowest BCUT2D eigenvalue weighted by molar-refractivity contribution is -0.891. The van der Waals surface area contributed by atoms with Crippen LogP contribution < -0.4 is 0 Å². The highest BCUT2D eigenvalue weighted by Gasteiger charge is 2.37. The molecule has 0 aromatic carbocycles. The first-order chi connectivity index (χ1) is 12.3. The molecule has 156 valence electrons. The van der Waals surface area contributed by atoms with Crippen molar-refractivity contribution in [2.24, 2.45) is 5.92 Å². The Balaban J connectivity index is 3.68. The van der Waals surface area contributed by atoms with Gasteiger partial charge < -0.3 is 9.59 Å². The Morgan fingerprint density at radius 2 is 1.12 bits per heavy atom. The summed E-state index contributed by atoms with van der Waals surface area (Å²) >= 11 is 0. The van der Waals surface area contributed by atoms with Crippen LogP contribution in [-0.2, 0) is 4.79 Å². The molecule has 0 fully saturated rings. The molecular weight excluding hydrogens is 322 g/mol. The Hall–Kier alpha value is -0.570. The van der Waals surface area contributed by atoms with Gasteiger partial charge in [0.05, 0.1) is 21.1 Å². The molecule has 2 unspecified atom stereocenters. The molecule has 0 rings (SSSR count). The zero-order chi connectivity index (χ0) is 19.8. The molecule has 0 bridgehead atoms. The van der Waals surface area contributed by atoms with Gasteiger partial charge in [-0.1, -0.05) is 97.3 Å². The maximum Gasteiger partial charge on any atom is 0.362 e. The van der Waals surface area contributed by atoms with Gasteiger partial charge in [-0.3, -0.25) is 0 Å². The largest absolute Gasteiger partial charge is 0.477 e. The van der Waals surface area contributed by atoms with Gasteiger partial charge in [-0.25, -0.2) is 4.79 Å². The normalized spacial score (nSPS) is 14.3. The summed E-state index contributed by atoms with van der Waals surface area (Å²) in [5, 5.41) is 9.60. The highest BCUT2D eigenvalue weighted by molar-refractivity contribution is 5.72. The summed E-state index contributed by atoms with van der Waals surface area (Å²) in [5.41, 5.74) is 0. The monoisotopic (exact) mass is 370 g/mol. The van der Waals surface area contributed by atoms with Crippen molar-refractivity contribution in [3.63, 3.8) is 0 Å². The number of carboxylic acids is 1. The molecule has 3 heteroatoms. The predicted octanol–water partition coefficient (Wildman–Crippen LogP) is 6.65. The Bertz CT molecular complexity index is 336. The topological polar surface area (TPSA) is 37.3 Å². The van der Waals surface area contributed by atoms with Crippen LogP contribution in [0, 0.1) is 5.92 Å².